The fraction of sp³-hybridized carbons (Fsp3) is 0.722. The van der Waals surface area contributed by atoms with E-state index in [1.165, 1.54) is 11.3 Å². The second-order valence-electron chi connectivity index (χ2n) is 7.33. The molecule has 1 aliphatic heterocycles. The molecule has 114 valence electrons. The highest BCUT2D eigenvalue weighted by Crippen LogP contribution is 2.33. The van der Waals surface area contributed by atoms with E-state index in [4.69, 9.17) is 0 Å². The molecule has 0 N–H and O–H groups in total. The van der Waals surface area contributed by atoms with E-state index >= 15 is 0 Å². The maximum absolute atomic E-state index is 12.7. The lowest BCUT2D eigenvalue weighted by Gasteiger charge is -2.41. The van der Waals surface area contributed by atoms with Crippen LogP contribution in [0.15, 0.2) is 23.4 Å². The first kappa shape index (κ1) is 17.0. The zero-order chi connectivity index (χ0) is 15.5. The van der Waals surface area contributed by atoms with E-state index in [1.807, 2.05) is 0 Å². The maximum Gasteiger partial charge on any atom is 0.227 e. The molecule has 0 aromatic rings. The number of rotatable bonds is 2. The zero-order valence-corrected chi connectivity index (χ0v) is 14.3. The smallest absolute Gasteiger partial charge is 0.227 e. The Hall–Kier alpha value is -1.05. The second kappa shape index (κ2) is 6.60. The largest absolute Gasteiger partial charge is 0.311 e. The summed E-state index contributed by atoms with van der Waals surface area (Å²) >= 11 is 0. The van der Waals surface area contributed by atoms with Crippen LogP contribution in [-0.4, -0.2) is 16.3 Å². The fourth-order valence-electron chi connectivity index (χ4n) is 2.93. The van der Waals surface area contributed by atoms with Gasteiger partial charge in [0.1, 0.15) is 0 Å². The van der Waals surface area contributed by atoms with Gasteiger partial charge in [-0.05, 0) is 51.0 Å². The van der Waals surface area contributed by atoms with Crippen LogP contribution in [0.3, 0.4) is 0 Å². The molecule has 0 fully saturated rings. The molecule has 0 radical (unpaired) electrons. The molecular weight excluding hydrogens is 246 g/mol. The van der Waals surface area contributed by atoms with Crippen molar-refractivity contribution >= 4 is 5.91 Å². The van der Waals surface area contributed by atoms with E-state index in [9.17, 15) is 4.79 Å². The number of hydrogen-bond acceptors (Lipinski definition) is 1. The molecule has 0 spiro atoms. The van der Waals surface area contributed by atoms with Gasteiger partial charge >= 0.3 is 0 Å². The lowest BCUT2D eigenvalue weighted by Crippen LogP contribution is -2.46. The minimum atomic E-state index is -0.166. The van der Waals surface area contributed by atoms with Crippen LogP contribution in [-0.2, 0) is 4.79 Å². The van der Waals surface area contributed by atoms with Crippen molar-refractivity contribution in [3.8, 4) is 0 Å². The number of allylic oxidation sites excluding steroid dienone is 4. The maximum atomic E-state index is 12.7. The molecule has 0 atom stereocenters. The summed E-state index contributed by atoms with van der Waals surface area (Å²) in [4.78, 5) is 14.8. The summed E-state index contributed by atoms with van der Waals surface area (Å²) in [5.74, 6) is 1.08. The fourth-order valence-corrected chi connectivity index (χ4v) is 2.93. The van der Waals surface area contributed by atoms with Crippen LogP contribution < -0.4 is 0 Å². The average molecular weight is 277 g/mol. The van der Waals surface area contributed by atoms with E-state index in [0.717, 1.165) is 12.8 Å². The van der Waals surface area contributed by atoms with E-state index < -0.39 is 0 Å². The molecule has 0 saturated carbocycles. The van der Waals surface area contributed by atoms with Gasteiger partial charge in [-0.3, -0.25) is 4.79 Å². The highest BCUT2D eigenvalue weighted by Gasteiger charge is 2.32. The molecule has 1 heterocycles. The third-order valence-electron chi connectivity index (χ3n) is 3.76. The number of amides is 1. The SMILES string of the molecule is CC(C)/C1=C(\C(C)C)N(C(C)(C)C)C(=O)CC/C=C\C1. The van der Waals surface area contributed by atoms with Gasteiger partial charge in [0.25, 0.3) is 0 Å². The Kier molecular flexibility index (Phi) is 5.61. The van der Waals surface area contributed by atoms with Crippen LogP contribution in [0, 0.1) is 11.8 Å². The first-order valence-corrected chi connectivity index (χ1v) is 7.87. The number of nitrogens with zero attached hydrogens (tertiary/aromatic N) is 1. The average Bonchev–Trinajstić information content (AvgIpc) is 2.36. The minimum Gasteiger partial charge on any atom is -0.311 e. The van der Waals surface area contributed by atoms with Crippen LogP contribution in [0.25, 0.3) is 0 Å². The Morgan fingerprint density at radius 2 is 1.65 bits per heavy atom. The second-order valence-corrected chi connectivity index (χ2v) is 7.33. The molecule has 2 heteroatoms. The zero-order valence-electron chi connectivity index (χ0n) is 14.3. The first-order valence-electron chi connectivity index (χ1n) is 7.87. The van der Waals surface area contributed by atoms with Gasteiger partial charge in [-0.2, -0.15) is 0 Å². The summed E-state index contributed by atoms with van der Waals surface area (Å²) in [6.45, 7) is 15.3. The van der Waals surface area contributed by atoms with Gasteiger partial charge in [0.15, 0.2) is 0 Å². The predicted octanol–water partition coefficient (Wildman–Crippen LogP) is 4.92. The topological polar surface area (TPSA) is 20.3 Å². The van der Waals surface area contributed by atoms with E-state index in [0.29, 0.717) is 18.3 Å². The first-order chi connectivity index (χ1) is 9.16. The third kappa shape index (κ3) is 3.97. The molecule has 2 nitrogen and oxygen atoms in total. The van der Waals surface area contributed by atoms with Gasteiger partial charge in [0.2, 0.25) is 5.91 Å². The summed E-state index contributed by atoms with van der Waals surface area (Å²) in [5, 5.41) is 0. The highest BCUT2D eigenvalue weighted by molar-refractivity contribution is 5.79. The Balaban J connectivity index is 3.48. The number of carbonyl (C=O) groups excluding carboxylic acids is 1. The normalized spacial score (nSPS) is 23.9. The summed E-state index contributed by atoms with van der Waals surface area (Å²) in [5.41, 5.74) is 2.48. The highest BCUT2D eigenvalue weighted by atomic mass is 16.2. The van der Waals surface area contributed by atoms with Crippen molar-refractivity contribution in [2.75, 3.05) is 0 Å². The van der Waals surface area contributed by atoms with Gasteiger partial charge in [0.05, 0.1) is 0 Å². The van der Waals surface area contributed by atoms with E-state index in [2.05, 4.69) is 65.5 Å². The molecule has 1 amide bonds. The van der Waals surface area contributed by atoms with E-state index in [-0.39, 0.29) is 11.4 Å². The Morgan fingerprint density at radius 3 is 2.10 bits per heavy atom. The van der Waals surface area contributed by atoms with Crippen molar-refractivity contribution in [3.63, 3.8) is 0 Å². The lowest BCUT2D eigenvalue weighted by atomic mass is 9.89. The van der Waals surface area contributed by atoms with Crippen LogP contribution in [0.5, 0.6) is 0 Å². The van der Waals surface area contributed by atoms with E-state index in [1.54, 1.807) is 0 Å². The van der Waals surface area contributed by atoms with Crippen molar-refractivity contribution in [1.29, 1.82) is 0 Å². The molecule has 20 heavy (non-hydrogen) atoms. The van der Waals surface area contributed by atoms with Gasteiger partial charge in [-0.15, -0.1) is 0 Å². The predicted molar refractivity (Wildman–Crippen MR) is 86.3 cm³/mol. The number of hydrogen-bond donors (Lipinski definition) is 0. The van der Waals surface area contributed by atoms with Gasteiger partial charge < -0.3 is 4.90 Å². The molecular formula is C18H31NO. The third-order valence-corrected chi connectivity index (χ3v) is 3.76. The Bertz CT molecular complexity index is 408. The van der Waals surface area contributed by atoms with Crippen molar-refractivity contribution in [2.24, 2.45) is 11.8 Å². The standard InChI is InChI=1S/C18H31NO/c1-13(2)15-11-9-8-10-12-16(20)19(18(5,6)7)17(15)14(3)4/h8-9,13-14H,10-12H2,1-7H3/b9-8-,17-15+. The summed E-state index contributed by atoms with van der Waals surface area (Å²) in [6.07, 6.45) is 6.81. The van der Waals surface area contributed by atoms with Crippen LogP contribution in [0.1, 0.15) is 67.7 Å². The monoisotopic (exact) mass is 277 g/mol. The van der Waals surface area contributed by atoms with Crippen molar-refractivity contribution < 1.29 is 4.79 Å². The molecule has 0 aliphatic carbocycles. The molecule has 0 aromatic heterocycles. The van der Waals surface area contributed by atoms with Crippen molar-refractivity contribution in [1.82, 2.24) is 4.90 Å². The van der Waals surface area contributed by atoms with Gasteiger partial charge in [0, 0.05) is 17.7 Å². The molecule has 0 unspecified atom stereocenters. The molecule has 1 aliphatic rings. The minimum absolute atomic E-state index is 0.166. The Labute approximate surface area is 124 Å². The van der Waals surface area contributed by atoms with Crippen LogP contribution in [0.4, 0.5) is 0 Å². The quantitative estimate of drug-likeness (QED) is 0.656. The summed E-state index contributed by atoms with van der Waals surface area (Å²) in [7, 11) is 0. The molecule has 0 aromatic carbocycles. The molecule has 0 bridgehead atoms. The van der Waals surface area contributed by atoms with Crippen molar-refractivity contribution in [2.45, 2.75) is 73.3 Å². The Morgan fingerprint density at radius 1 is 1.05 bits per heavy atom. The van der Waals surface area contributed by atoms with Crippen LogP contribution >= 0.6 is 0 Å². The molecule has 0 saturated heterocycles. The van der Waals surface area contributed by atoms with Gasteiger partial charge in [-0.1, -0.05) is 39.8 Å². The lowest BCUT2D eigenvalue weighted by molar-refractivity contribution is -0.133. The van der Waals surface area contributed by atoms with Gasteiger partial charge in [-0.25, -0.2) is 0 Å². The van der Waals surface area contributed by atoms with Crippen LogP contribution in [0.2, 0.25) is 0 Å². The summed E-state index contributed by atoms with van der Waals surface area (Å²) < 4.78 is 0. The number of carbonyl (C=O) groups is 1. The summed E-state index contributed by atoms with van der Waals surface area (Å²) in [6, 6.07) is 0. The van der Waals surface area contributed by atoms with Crippen molar-refractivity contribution in [3.05, 3.63) is 23.4 Å². The molecule has 1 rings (SSSR count).